The molecule has 0 saturated carbocycles. The molecule has 1 aliphatic rings. The van der Waals surface area contributed by atoms with E-state index < -0.39 is 11.7 Å². The van der Waals surface area contributed by atoms with Crippen LogP contribution in [0.25, 0.3) is 0 Å². The Morgan fingerprint density at radius 2 is 1.86 bits per heavy atom. The van der Waals surface area contributed by atoms with Crippen LogP contribution in [0.15, 0.2) is 18.2 Å². The van der Waals surface area contributed by atoms with Gasteiger partial charge in [-0.25, -0.2) is 0 Å². The summed E-state index contributed by atoms with van der Waals surface area (Å²) in [5.41, 5.74) is 0.733. The summed E-state index contributed by atoms with van der Waals surface area (Å²) >= 11 is 3.22. The van der Waals surface area contributed by atoms with E-state index in [1.165, 1.54) is 6.07 Å². The third-order valence-corrected chi connectivity index (χ3v) is 5.33. The molecule has 0 radical (unpaired) electrons. The molecule has 0 aromatic heterocycles. The van der Waals surface area contributed by atoms with Crippen molar-refractivity contribution >= 4 is 21.6 Å². The van der Waals surface area contributed by atoms with E-state index in [0.29, 0.717) is 29.7 Å². The number of nitrogens with zero attached hydrogens (tertiary/aromatic N) is 1. The van der Waals surface area contributed by atoms with E-state index in [1.807, 2.05) is 4.90 Å². The van der Waals surface area contributed by atoms with Crippen molar-refractivity contribution in [2.45, 2.75) is 44.6 Å². The van der Waals surface area contributed by atoms with Crippen molar-refractivity contribution in [3.63, 3.8) is 0 Å². The van der Waals surface area contributed by atoms with Gasteiger partial charge in [0, 0.05) is 24.1 Å². The van der Waals surface area contributed by atoms with Crippen LogP contribution in [0.5, 0.6) is 0 Å². The minimum Gasteiger partial charge on any atom is -0.371 e. The van der Waals surface area contributed by atoms with Crippen LogP contribution in [0.1, 0.15) is 44.2 Å². The van der Waals surface area contributed by atoms with Crippen LogP contribution in [-0.2, 0) is 11.5 Å². The Kier molecular flexibility index (Phi) is 4.91. The normalized spacial score (nSPS) is 18.9. The molecule has 0 aliphatic carbocycles. The highest BCUT2D eigenvalue weighted by molar-refractivity contribution is 9.08. The smallest absolute Gasteiger partial charge is 0.371 e. The van der Waals surface area contributed by atoms with E-state index in [9.17, 15) is 13.2 Å². The first kappa shape index (κ1) is 16.7. The lowest BCUT2D eigenvalue weighted by molar-refractivity contribution is -0.137. The summed E-state index contributed by atoms with van der Waals surface area (Å²) in [5.74, 6) is 0. The van der Waals surface area contributed by atoms with Crippen molar-refractivity contribution < 1.29 is 13.2 Å². The predicted octanol–water partition coefficient (Wildman–Crippen LogP) is 5.62. The highest BCUT2D eigenvalue weighted by Gasteiger charge is 2.37. The number of hydrogen-bond acceptors (Lipinski definition) is 1. The van der Waals surface area contributed by atoms with E-state index in [4.69, 9.17) is 0 Å². The van der Waals surface area contributed by atoms with Gasteiger partial charge in [-0.15, -0.1) is 0 Å². The number of alkyl halides is 4. The summed E-state index contributed by atoms with van der Waals surface area (Å²) in [5, 5.41) is 0.435. The Hall–Kier alpha value is -0.710. The van der Waals surface area contributed by atoms with E-state index in [-0.39, 0.29) is 5.41 Å². The zero-order chi connectivity index (χ0) is 15.7. The molecule has 0 N–H and O–H groups in total. The van der Waals surface area contributed by atoms with Crippen LogP contribution in [0, 0.1) is 5.41 Å². The number of halogens is 4. The highest BCUT2D eigenvalue weighted by Crippen LogP contribution is 2.41. The summed E-state index contributed by atoms with van der Waals surface area (Å²) in [6.45, 7) is 5.77. The van der Waals surface area contributed by atoms with E-state index >= 15 is 0 Å². The molecule has 0 bridgehead atoms. The monoisotopic (exact) mass is 363 g/mol. The first-order valence-corrected chi connectivity index (χ1v) is 8.42. The van der Waals surface area contributed by atoms with Crippen LogP contribution in [0.3, 0.4) is 0 Å². The Bertz CT molecular complexity index is 491. The largest absolute Gasteiger partial charge is 0.418 e. The van der Waals surface area contributed by atoms with Gasteiger partial charge in [-0.05, 0) is 36.0 Å². The number of piperidine rings is 1. The summed E-state index contributed by atoms with van der Waals surface area (Å²) in [6.07, 6.45) is -1.34. The molecule has 0 spiro atoms. The van der Waals surface area contributed by atoms with Gasteiger partial charge >= 0.3 is 6.18 Å². The Morgan fingerprint density at radius 3 is 2.33 bits per heavy atom. The molecule has 1 fully saturated rings. The van der Waals surface area contributed by atoms with E-state index in [1.54, 1.807) is 12.1 Å². The Morgan fingerprint density at radius 1 is 1.24 bits per heavy atom. The molecule has 1 saturated heterocycles. The lowest BCUT2D eigenvalue weighted by atomic mass is 9.78. The molecule has 1 nitrogen and oxygen atoms in total. The van der Waals surface area contributed by atoms with Gasteiger partial charge in [-0.3, -0.25) is 0 Å². The van der Waals surface area contributed by atoms with Gasteiger partial charge in [-0.2, -0.15) is 13.2 Å². The van der Waals surface area contributed by atoms with Crippen molar-refractivity contribution in [2.24, 2.45) is 5.41 Å². The van der Waals surface area contributed by atoms with Gasteiger partial charge in [0.05, 0.1) is 5.56 Å². The fourth-order valence-corrected chi connectivity index (χ4v) is 3.16. The molecule has 0 amide bonds. The number of anilines is 1. The fraction of sp³-hybridized carbons (Fsp3) is 0.625. The lowest BCUT2D eigenvalue weighted by Gasteiger charge is -2.40. The molecule has 1 aromatic rings. The van der Waals surface area contributed by atoms with Crippen molar-refractivity contribution in [3.8, 4) is 0 Å². The number of hydrogen-bond donors (Lipinski definition) is 0. The second-order valence-electron chi connectivity index (χ2n) is 6.13. The number of benzene rings is 1. The first-order chi connectivity index (χ1) is 9.79. The standard InChI is InChI=1S/C16H21BrF3N/c1-3-15(2)6-8-21(9-7-15)14-5-4-12(11-17)10-13(14)16(18,19)20/h4-5,10H,3,6-9,11H2,1-2H3. The molecule has 0 unspecified atom stereocenters. The molecule has 1 aromatic carbocycles. The average molecular weight is 364 g/mol. The maximum atomic E-state index is 13.3. The van der Waals surface area contributed by atoms with Gasteiger partial charge in [0.1, 0.15) is 0 Å². The topological polar surface area (TPSA) is 3.24 Å². The lowest BCUT2D eigenvalue weighted by Crippen LogP contribution is -2.39. The van der Waals surface area contributed by atoms with Crippen LogP contribution in [0.4, 0.5) is 18.9 Å². The molecule has 2 rings (SSSR count). The molecule has 118 valence electrons. The Labute approximate surface area is 132 Å². The second-order valence-corrected chi connectivity index (χ2v) is 6.69. The van der Waals surface area contributed by atoms with Crippen LogP contribution in [0.2, 0.25) is 0 Å². The van der Waals surface area contributed by atoms with Gasteiger partial charge in [0.25, 0.3) is 0 Å². The van der Waals surface area contributed by atoms with Gasteiger partial charge < -0.3 is 4.90 Å². The molecule has 0 atom stereocenters. The average Bonchev–Trinajstić information content (AvgIpc) is 2.46. The highest BCUT2D eigenvalue weighted by atomic mass is 79.9. The van der Waals surface area contributed by atoms with Crippen LogP contribution in [-0.4, -0.2) is 13.1 Å². The predicted molar refractivity (Wildman–Crippen MR) is 83.9 cm³/mol. The zero-order valence-electron chi connectivity index (χ0n) is 12.4. The van der Waals surface area contributed by atoms with E-state index in [0.717, 1.165) is 19.3 Å². The summed E-state index contributed by atoms with van der Waals surface area (Å²) in [6, 6.07) is 4.65. The second kappa shape index (κ2) is 6.19. The maximum absolute atomic E-state index is 13.3. The van der Waals surface area contributed by atoms with E-state index in [2.05, 4.69) is 29.8 Å². The summed E-state index contributed by atoms with van der Waals surface area (Å²) in [7, 11) is 0. The summed E-state index contributed by atoms with van der Waals surface area (Å²) in [4.78, 5) is 1.89. The third kappa shape index (κ3) is 3.74. The zero-order valence-corrected chi connectivity index (χ0v) is 14.0. The molecular formula is C16H21BrF3N. The molecule has 5 heteroatoms. The molecular weight excluding hydrogens is 343 g/mol. The van der Waals surface area contributed by atoms with Crippen molar-refractivity contribution in [1.29, 1.82) is 0 Å². The minimum atomic E-state index is -4.31. The summed E-state index contributed by atoms with van der Waals surface area (Å²) < 4.78 is 39.9. The quantitative estimate of drug-likeness (QED) is 0.630. The van der Waals surface area contributed by atoms with Gasteiger partial charge in [-0.1, -0.05) is 42.3 Å². The van der Waals surface area contributed by atoms with Gasteiger partial charge in [0.2, 0.25) is 0 Å². The number of rotatable bonds is 3. The van der Waals surface area contributed by atoms with Crippen molar-refractivity contribution in [1.82, 2.24) is 0 Å². The third-order valence-electron chi connectivity index (χ3n) is 4.69. The van der Waals surface area contributed by atoms with Crippen molar-refractivity contribution in [3.05, 3.63) is 29.3 Å². The fourth-order valence-electron chi connectivity index (χ4n) is 2.81. The van der Waals surface area contributed by atoms with Crippen LogP contribution >= 0.6 is 15.9 Å². The minimum absolute atomic E-state index is 0.269. The molecule has 21 heavy (non-hydrogen) atoms. The van der Waals surface area contributed by atoms with Crippen LogP contribution < -0.4 is 4.90 Å². The Balaban J connectivity index is 2.28. The van der Waals surface area contributed by atoms with Gasteiger partial charge in [0.15, 0.2) is 0 Å². The molecule has 1 heterocycles. The van der Waals surface area contributed by atoms with Crippen molar-refractivity contribution in [2.75, 3.05) is 18.0 Å². The SMILES string of the molecule is CCC1(C)CCN(c2ccc(CBr)cc2C(F)(F)F)CC1. The first-order valence-electron chi connectivity index (χ1n) is 7.30. The molecule has 1 aliphatic heterocycles. The maximum Gasteiger partial charge on any atom is 0.418 e.